The molecule has 2 aliphatic heterocycles. The number of likely N-dealkylation sites (tertiary alicyclic amines) is 1. The Labute approximate surface area is 147 Å². The van der Waals surface area contributed by atoms with Crippen molar-refractivity contribution in [3.05, 3.63) is 23.8 Å². The second kappa shape index (κ2) is 6.35. The van der Waals surface area contributed by atoms with Crippen molar-refractivity contribution in [2.75, 3.05) is 24.5 Å². The maximum atomic E-state index is 12.5. The van der Waals surface area contributed by atoms with Crippen molar-refractivity contribution in [2.24, 2.45) is 0 Å². The van der Waals surface area contributed by atoms with Crippen LogP contribution < -0.4 is 4.90 Å². The van der Waals surface area contributed by atoms with Gasteiger partial charge in [-0.1, -0.05) is 0 Å². The zero-order chi connectivity index (χ0) is 18.4. The van der Waals surface area contributed by atoms with Gasteiger partial charge in [-0.2, -0.15) is 13.2 Å². The molecule has 0 saturated carbocycles. The summed E-state index contributed by atoms with van der Waals surface area (Å²) in [4.78, 5) is 14.3. The molecule has 0 spiro atoms. The molecule has 10 heteroatoms. The second-order valence-corrected chi connectivity index (χ2v) is 8.76. The summed E-state index contributed by atoms with van der Waals surface area (Å²) in [7, 11) is 1.56. The third-order valence-corrected chi connectivity index (χ3v) is 6.05. The highest BCUT2D eigenvalue weighted by Gasteiger charge is 2.43. The number of piperidine rings is 1. The van der Waals surface area contributed by atoms with E-state index >= 15 is 0 Å². The molecule has 1 aromatic carbocycles. The number of rotatable bonds is 2. The number of alkyl halides is 3. The Balaban J connectivity index is 1.70. The largest absolute Gasteiger partial charge is 0.471 e. The van der Waals surface area contributed by atoms with Gasteiger partial charge < -0.3 is 9.80 Å². The fourth-order valence-electron chi connectivity index (χ4n) is 3.49. The summed E-state index contributed by atoms with van der Waals surface area (Å²) in [5, 5.41) is 0. The van der Waals surface area contributed by atoms with Crippen LogP contribution in [0.1, 0.15) is 18.4 Å². The van der Waals surface area contributed by atoms with E-state index in [9.17, 15) is 26.4 Å². The number of hydrogen-bond donors (Lipinski definition) is 0. The molecule has 0 atom stereocenters. The predicted octanol–water partition coefficient (Wildman–Crippen LogP) is 2.53. The first-order chi connectivity index (χ1) is 11.6. The lowest BCUT2D eigenvalue weighted by Crippen LogP contribution is -2.50. The smallest absolute Gasteiger partial charge is 0.368 e. The first kappa shape index (κ1) is 18.3. The Bertz CT molecular complexity index is 790. The average Bonchev–Trinajstić information content (AvgIpc) is 2.95. The number of carbonyl (C=O) groups excluding carboxylic acids is 1. The van der Waals surface area contributed by atoms with Crippen molar-refractivity contribution in [3.63, 3.8) is 0 Å². The van der Waals surface area contributed by atoms with Gasteiger partial charge in [0, 0.05) is 42.0 Å². The molecule has 0 N–H and O–H groups in total. The van der Waals surface area contributed by atoms with E-state index in [1.807, 2.05) is 0 Å². The Morgan fingerprint density at radius 1 is 1.16 bits per heavy atom. The van der Waals surface area contributed by atoms with Crippen molar-refractivity contribution in [2.45, 2.75) is 36.4 Å². The molecule has 3 rings (SSSR count). The molecule has 1 aromatic rings. The average molecular weight is 397 g/mol. The van der Waals surface area contributed by atoms with E-state index in [1.54, 1.807) is 12.1 Å². The lowest BCUT2D eigenvalue weighted by molar-refractivity contribution is -0.186. The fourth-order valence-corrected chi connectivity index (χ4v) is 4.30. The molecule has 1 amide bonds. The molecule has 0 aliphatic carbocycles. The number of amides is 1. The van der Waals surface area contributed by atoms with Gasteiger partial charge in [0.25, 0.3) is 9.05 Å². The van der Waals surface area contributed by atoms with Crippen LogP contribution in [0.25, 0.3) is 0 Å². The summed E-state index contributed by atoms with van der Waals surface area (Å²) < 4.78 is 60.3. The molecule has 0 radical (unpaired) electrons. The summed E-state index contributed by atoms with van der Waals surface area (Å²) in [6.45, 7) is 0.783. The van der Waals surface area contributed by atoms with Crippen LogP contribution in [0.3, 0.4) is 0 Å². The van der Waals surface area contributed by atoms with E-state index in [2.05, 4.69) is 4.90 Å². The summed E-state index contributed by atoms with van der Waals surface area (Å²) in [6, 6.07) is 4.68. The van der Waals surface area contributed by atoms with Crippen LogP contribution in [-0.4, -0.2) is 51.1 Å². The first-order valence-corrected chi connectivity index (χ1v) is 10.1. The maximum absolute atomic E-state index is 12.5. The molecule has 2 heterocycles. The number of anilines is 1. The molecular formula is C15H16ClF3N2O3S. The Kier molecular flexibility index (Phi) is 4.65. The van der Waals surface area contributed by atoms with E-state index in [-0.39, 0.29) is 24.0 Å². The highest BCUT2D eigenvalue weighted by molar-refractivity contribution is 8.13. The van der Waals surface area contributed by atoms with Crippen LogP contribution in [0.2, 0.25) is 0 Å². The minimum Gasteiger partial charge on any atom is -0.368 e. The van der Waals surface area contributed by atoms with Crippen molar-refractivity contribution >= 4 is 31.3 Å². The molecule has 0 unspecified atom stereocenters. The maximum Gasteiger partial charge on any atom is 0.471 e. The lowest BCUT2D eigenvalue weighted by atomic mass is 10.0. The third-order valence-electron chi connectivity index (χ3n) is 4.70. The predicted molar refractivity (Wildman–Crippen MR) is 86.2 cm³/mol. The SMILES string of the molecule is O=C(N1CCC(N2CCc3cc(S(=O)(=O)Cl)ccc32)CC1)C(F)(F)F. The van der Waals surface area contributed by atoms with Crippen LogP contribution in [0, 0.1) is 0 Å². The highest BCUT2D eigenvalue weighted by atomic mass is 35.7. The van der Waals surface area contributed by atoms with Crippen molar-refractivity contribution in [1.82, 2.24) is 4.90 Å². The van der Waals surface area contributed by atoms with Gasteiger partial charge >= 0.3 is 12.1 Å². The lowest BCUT2D eigenvalue weighted by Gasteiger charge is -2.38. The molecule has 0 bridgehead atoms. The van der Waals surface area contributed by atoms with E-state index < -0.39 is 21.1 Å². The van der Waals surface area contributed by atoms with Gasteiger partial charge in [0.05, 0.1) is 4.90 Å². The number of hydrogen-bond acceptors (Lipinski definition) is 4. The van der Waals surface area contributed by atoms with Crippen molar-refractivity contribution in [1.29, 1.82) is 0 Å². The Hall–Kier alpha value is -1.48. The zero-order valence-electron chi connectivity index (χ0n) is 13.1. The first-order valence-electron chi connectivity index (χ1n) is 7.78. The molecule has 0 aromatic heterocycles. The van der Waals surface area contributed by atoms with E-state index in [0.717, 1.165) is 16.2 Å². The molecule has 2 aliphatic rings. The van der Waals surface area contributed by atoms with E-state index in [0.29, 0.717) is 25.8 Å². The monoisotopic (exact) mass is 396 g/mol. The van der Waals surface area contributed by atoms with Crippen molar-refractivity contribution < 1.29 is 26.4 Å². The highest BCUT2D eigenvalue weighted by Crippen LogP contribution is 2.35. The van der Waals surface area contributed by atoms with Crippen LogP contribution in [0.5, 0.6) is 0 Å². The number of benzene rings is 1. The summed E-state index contributed by atoms with van der Waals surface area (Å²) in [5.41, 5.74) is 1.74. The van der Waals surface area contributed by atoms with Gasteiger partial charge in [0.1, 0.15) is 0 Å². The van der Waals surface area contributed by atoms with Gasteiger partial charge in [-0.3, -0.25) is 4.79 Å². The second-order valence-electron chi connectivity index (χ2n) is 6.19. The normalized spacial score (nSPS) is 19.2. The van der Waals surface area contributed by atoms with E-state index in [1.165, 1.54) is 6.07 Å². The van der Waals surface area contributed by atoms with Gasteiger partial charge in [-0.05, 0) is 43.0 Å². The van der Waals surface area contributed by atoms with Gasteiger partial charge in [-0.15, -0.1) is 0 Å². The molecule has 1 fully saturated rings. The van der Waals surface area contributed by atoms with E-state index in [4.69, 9.17) is 10.7 Å². The van der Waals surface area contributed by atoms with Gasteiger partial charge in [0.15, 0.2) is 0 Å². The summed E-state index contributed by atoms with van der Waals surface area (Å²) in [5.74, 6) is -1.79. The van der Waals surface area contributed by atoms with Crippen LogP contribution >= 0.6 is 10.7 Å². The zero-order valence-corrected chi connectivity index (χ0v) is 14.7. The molecule has 138 valence electrons. The summed E-state index contributed by atoms with van der Waals surface area (Å²) >= 11 is 0. The Morgan fingerprint density at radius 2 is 1.80 bits per heavy atom. The molecule has 5 nitrogen and oxygen atoms in total. The standard InChI is InChI=1S/C15H16ClF3N2O3S/c16-25(23,24)12-1-2-13-10(9-12)3-8-21(13)11-4-6-20(7-5-11)14(22)15(17,18)19/h1-2,9,11H,3-8H2. The number of halogens is 4. The minimum absolute atomic E-state index is 0.0250. The topological polar surface area (TPSA) is 57.7 Å². The number of carbonyl (C=O) groups is 1. The quantitative estimate of drug-likeness (QED) is 0.721. The van der Waals surface area contributed by atoms with Crippen LogP contribution in [-0.2, 0) is 20.3 Å². The number of fused-ring (bicyclic) bond motifs is 1. The minimum atomic E-state index is -4.84. The Morgan fingerprint density at radius 3 is 2.36 bits per heavy atom. The van der Waals surface area contributed by atoms with Crippen LogP contribution in [0.4, 0.5) is 18.9 Å². The third kappa shape index (κ3) is 3.72. The molecular weight excluding hydrogens is 381 g/mol. The van der Waals surface area contributed by atoms with Gasteiger partial charge in [0.2, 0.25) is 0 Å². The summed E-state index contributed by atoms with van der Waals surface area (Å²) in [6.07, 6.45) is -3.30. The number of nitrogens with zero attached hydrogens (tertiary/aromatic N) is 2. The van der Waals surface area contributed by atoms with Crippen LogP contribution in [0.15, 0.2) is 23.1 Å². The molecule has 25 heavy (non-hydrogen) atoms. The van der Waals surface area contributed by atoms with Crippen molar-refractivity contribution in [3.8, 4) is 0 Å². The molecule has 1 saturated heterocycles. The fraction of sp³-hybridized carbons (Fsp3) is 0.533. The van der Waals surface area contributed by atoms with Gasteiger partial charge in [-0.25, -0.2) is 8.42 Å².